The Bertz CT molecular complexity index is 1150. The molecular weight excluding hydrogens is 492 g/mol. The van der Waals surface area contributed by atoms with Crippen molar-refractivity contribution in [1.82, 2.24) is 15.5 Å². The molecule has 0 saturated carbocycles. The number of unbranched alkanes of at least 4 members (excludes halogenated alkanes) is 2. The van der Waals surface area contributed by atoms with Gasteiger partial charge in [-0.2, -0.15) is 5.26 Å². The van der Waals surface area contributed by atoms with E-state index in [1.807, 2.05) is 62.4 Å². The van der Waals surface area contributed by atoms with E-state index >= 15 is 0 Å². The van der Waals surface area contributed by atoms with Gasteiger partial charge in [0, 0.05) is 13.0 Å². The molecule has 2 N–H and O–H groups in total. The molecule has 0 aliphatic rings. The number of nitriles is 1. The van der Waals surface area contributed by atoms with Crippen molar-refractivity contribution in [3.05, 3.63) is 70.8 Å². The van der Waals surface area contributed by atoms with Crippen LogP contribution < -0.4 is 10.6 Å². The fraction of sp³-hybridized carbons (Fsp3) is 0.484. The van der Waals surface area contributed by atoms with Crippen molar-refractivity contribution in [2.24, 2.45) is 0 Å². The lowest BCUT2D eigenvalue weighted by Crippen LogP contribution is -2.54. The van der Waals surface area contributed by atoms with Crippen molar-refractivity contribution >= 4 is 17.9 Å². The molecule has 3 amide bonds. The summed E-state index contributed by atoms with van der Waals surface area (Å²) in [6.45, 7) is 11.2. The first-order valence-electron chi connectivity index (χ1n) is 13.5. The third kappa shape index (κ3) is 10.1. The molecule has 39 heavy (non-hydrogen) atoms. The molecule has 0 heterocycles. The van der Waals surface area contributed by atoms with Crippen molar-refractivity contribution < 1.29 is 19.1 Å². The third-order valence-corrected chi connectivity index (χ3v) is 6.16. The number of benzene rings is 2. The van der Waals surface area contributed by atoms with E-state index in [1.165, 1.54) is 4.90 Å². The SMILES string of the molecule is CCCCCNC(=O)C(c1cc(C)ccc1C)N(CC#N)C(=O)C(Cc1ccccc1)NC(=O)OC(C)(C)C. The molecule has 0 radical (unpaired) electrons. The zero-order valence-electron chi connectivity index (χ0n) is 24.0. The van der Waals surface area contributed by atoms with Crippen LogP contribution in [-0.4, -0.2) is 47.5 Å². The first-order chi connectivity index (χ1) is 18.5. The van der Waals surface area contributed by atoms with Gasteiger partial charge in [-0.1, -0.05) is 73.9 Å². The number of rotatable bonds is 12. The average Bonchev–Trinajstić information content (AvgIpc) is 2.87. The summed E-state index contributed by atoms with van der Waals surface area (Å²) in [5.74, 6) is -0.903. The first-order valence-corrected chi connectivity index (χ1v) is 13.5. The molecule has 0 spiro atoms. The number of amides is 3. The maximum absolute atomic E-state index is 14.2. The normalized spacial score (nSPS) is 12.5. The van der Waals surface area contributed by atoms with Crippen molar-refractivity contribution in [3.8, 4) is 6.07 Å². The fourth-order valence-corrected chi connectivity index (χ4v) is 4.26. The Kier molecular flexibility index (Phi) is 12.0. The Morgan fingerprint density at radius 3 is 2.36 bits per heavy atom. The Labute approximate surface area is 232 Å². The Morgan fingerprint density at radius 2 is 1.74 bits per heavy atom. The summed E-state index contributed by atoms with van der Waals surface area (Å²) in [5.41, 5.74) is 2.44. The average molecular weight is 535 g/mol. The zero-order valence-corrected chi connectivity index (χ0v) is 24.0. The Balaban J connectivity index is 2.52. The van der Waals surface area contributed by atoms with Gasteiger partial charge in [-0.25, -0.2) is 4.79 Å². The second kappa shape index (κ2) is 14.9. The quantitative estimate of drug-likeness (QED) is 0.289. The molecule has 2 aromatic rings. The molecule has 0 bridgehead atoms. The highest BCUT2D eigenvalue weighted by atomic mass is 16.6. The molecule has 0 aliphatic carbocycles. The number of carbonyl (C=O) groups excluding carboxylic acids is 3. The van der Waals surface area contributed by atoms with Crippen molar-refractivity contribution in [3.63, 3.8) is 0 Å². The zero-order chi connectivity index (χ0) is 29.0. The van der Waals surface area contributed by atoms with Crippen LogP contribution in [0.4, 0.5) is 4.79 Å². The summed E-state index contributed by atoms with van der Waals surface area (Å²) in [7, 11) is 0. The molecule has 2 atom stereocenters. The van der Waals surface area contributed by atoms with E-state index in [0.717, 1.165) is 36.0 Å². The van der Waals surface area contributed by atoms with Gasteiger partial charge < -0.3 is 20.3 Å². The van der Waals surface area contributed by atoms with Crippen LogP contribution >= 0.6 is 0 Å². The van der Waals surface area contributed by atoms with E-state index in [-0.39, 0.29) is 18.9 Å². The minimum atomic E-state index is -1.06. The highest BCUT2D eigenvalue weighted by Gasteiger charge is 2.37. The number of hydrogen-bond donors (Lipinski definition) is 2. The lowest BCUT2D eigenvalue weighted by atomic mass is 9.95. The molecule has 0 aliphatic heterocycles. The summed E-state index contributed by atoms with van der Waals surface area (Å²) in [4.78, 5) is 41.8. The number of alkyl carbamates (subject to hydrolysis) is 1. The van der Waals surface area contributed by atoms with E-state index < -0.39 is 29.7 Å². The van der Waals surface area contributed by atoms with Gasteiger partial charge in [0.15, 0.2) is 0 Å². The summed E-state index contributed by atoms with van der Waals surface area (Å²) in [6, 6.07) is 14.9. The topological polar surface area (TPSA) is 112 Å². The van der Waals surface area contributed by atoms with Gasteiger partial charge >= 0.3 is 6.09 Å². The predicted molar refractivity (Wildman–Crippen MR) is 152 cm³/mol. The van der Waals surface area contributed by atoms with Crippen molar-refractivity contribution in [2.45, 2.75) is 84.9 Å². The molecule has 0 fully saturated rings. The van der Waals surface area contributed by atoms with Crippen LogP contribution in [0.2, 0.25) is 0 Å². The number of nitrogens with one attached hydrogen (secondary N) is 2. The number of hydrogen-bond acceptors (Lipinski definition) is 5. The van der Waals surface area contributed by atoms with Gasteiger partial charge in [-0.3, -0.25) is 9.59 Å². The smallest absolute Gasteiger partial charge is 0.408 e. The molecule has 8 nitrogen and oxygen atoms in total. The van der Waals surface area contributed by atoms with Gasteiger partial charge in [-0.15, -0.1) is 0 Å². The first kappa shape index (κ1) is 31.4. The minimum Gasteiger partial charge on any atom is -0.444 e. The molecule has 0 saturated heterocycles. The fourth-order valence-electron chi connectivity index (χ4n) is 4.26. The van der Waals surface area contributed by atoms with Gasteiger partial charge in [-0.05, 0) is 57.7 Å². The largest absolute Gasteiger partial charge is 0.444 e. The molecule has 2 unspecified atom stereocenters. The highest BCUT2D eigenvalue weighted by molar-refractivity contribution is 5.92. The van der Waals surface area contributed by atoms with Crippen LogP contribution in [0.1, 0.15) is 75.3 Å². The lowest BCUT2D eigenvalue weighted by molar-refractivity contribution is -0.141. The molecule has 2 aromatic carbocycles. The monoisotopic (exact) mass is 534 g/mol. The lowest BCUT2D eigenvalue weighted by Gasteiger charge is -2.33. The van der Waals surface area contributed by atoms with Gasteiger partial charge in [0.1, 0.15) is 24.2 Å². The number of carbonyl (C=O) groups is 3. The molecular formula is C31H42N4O4. The van der Waals surface area contributed by atoms with E-state index in [2.05, 4.69) is 23.6 Å². The van der Waals surface area contributed by atoms with Crippen LogP contribution in [0.3, 0.4) is 0 Å². The standard InChI is InChI=1S/C31H42N4O4/c1-7-8-12-18-33-28(36)27(25-20-22(2)15-16-23(25)3)35(19-17-32)29(37)26(21-24-13-10-9-11-14-24)34-30(38)39-31(4,5)6/h9-11,13-16,20,26-27H,7-8,12,18-19,21H2,1-6H3,(H,33,36)(H,34,38). The maximum atomic E-state index is 14.2. The van der Waals surface area contributed by atoms with Crippen LogP contribution in [0, 0.1) is 25.2 Å². The summed E-state index contributed by atoms with van der Waals surface area (Å²) in [5, 5.41) is 15.4. The van der Waals surface area contributed by atoms with Crippen LogP contribution in [0.15, 0.2) is 48.5 Å². The second-order valence-electron chi connectivity index (χ2n) is 10.8. The molecule has 0 aromatic heterocycles. The summed E-state index contributed by atoms with van der Waals surface area (Å²) < 4.78 is 5.43. The molecule has 2 rings (SSSR count). The van der Waals surface area contributed by atoms with E-state index in [0.29, 0.717) is 12.1 Å². The number of aryl methyl sites for hydroxylation is 2. The summed E-state index contributed by atoms with van der Waals surface area (Å²) >= 11 is 0. The van der Waals surface area contributed by atoms with Crippen LogP contribution in [0.5, 0.6) is 0 Å². The van der Waals surface area contributed by atoms with Crippen molar-refractivity contribution in [1.29, 1.82) is 5.26 Å². The number of ether oxygens (including phenoxy) is 1. The van der Waals surface area contributed by atoms with Gasteiger partial charge in [0.2, 0.25) is 11.8 Å². The predicted octanol–water partition coefficient (Wildman–Crippen LogP) is 5.14. The summed E-state index contributed by atoms with van der Waals surface area (Å²) in [6.07, 6.45) is 2.20. The minimum absolute atomic E-state index is 0.165. The van der Waals surface area contributed by atoms with E-state index in [4.69, 9.17) is 4.74 Å². The van der Waals surface area contributed by atoms with Crippen LogP contribution in [-0.2, 0) is 20.7 Å². The molecule has 8 heteroatoms. The Hall–Kier alpha value is -3.86. The second-order valence-corrected chi connectivity index (χ2v) is 10.8. The van der Waals surface area contributed by atoms with E-state index in [1.54, 1.807) is 20.8 Å². The highest BCUT2D eigenvalue weighted by Crippen LogP contribution is 2.27. The van der Waals surface area contributed by atoms with Crippen molar-refractivity contribution in [2.75, 3.05) is 13.1 Å². The molecule has 210 valence electrons. The van der Waals surface area contributed by atoms with Gasteiger partial charge in [0.05, 0.1) is 6.07 Å². The Morgan fingerprint density at radius 1 is 1.05 bits per heavy atom. The maximum Gasteiger partial charge on any atom is 0.408 e. The number of nitrogens with zero attached hydrogens (tertiary/aromatic N) is 2. The van der Waals surface area contributed by atoms with Gasteiger partial charge in [0.25, 0.3) is 0 Å². The van der Waals surface area contributed by atoms with Crippen LogP contribution in [0.25, 0.3) is 0 Å². The van der Waals surface area contributed by atoms with E-state index in [9.17, 15) is 19.6 Å². The third-order valence-electron chi connectivity index (χ3n) is 6.16.